The number of carbonyl (C=O) groups excluding carboxylic acids is 1. The van der Waals surface area contributed by atoms with Crippen molar-refractivity contribution >= 4 is 38.4 Å². The molecule has 1 aliphatic rings. The maximum atomic E-state index is 12.0. The van der Waals surface area contributed by atoms with Crippen molar-refractivity contribution in [2.24, 2.45) is 0 Å². The zero-order chi connectivity index (χ0) is 14.8. The summed E-state index contributed by atoms with van der Waals surface area (Å²) in [6, 6.07) is 3.64. The Morgan fingerprint density at radius 1 is 1.43 bits per heavy atom. The van der Waals surface area contributed by atoms with Gasteiger partial charge in [-0.15, -0.1) is 0 Å². The quantitative estimate of drug-likeness (QED) is 0.761. The zero-order valence-corrected chi connectivity index (χ0v) is 12.6. The molecule has 21 heavy (non-hydrogen) atoms. The van der Waals surface area contributed by atoms with Crippen LogP contribution < -0.4 is 21.1 Å². The first-order valence-electron chi connectivity index (χ1n) is 6.97. The van der Waals surface area contributed by atoms with E-state index in [0.29, 0.717) is 22.1 Å². The maximum absolute atomic E-state index is 12.0. The number of methoxy groups -OCH3 is 1. The van der Waals surface area contributed by atoms with Gasteiger partial charge in [0.1, 0.15) is 11.3 Å². The molecule has 1 aliphatic carbocycles. The van der Waals surface area contributed by atoms with Gasteiger partial charge in [0.2, 0.25) is 0 Å². The second-order valence-electron chi connectivity index (χ2n) is 5.17. The van der Waals surface area contributed by atoms with Gasteiger partial charge in [-0.3, -0.25) is 5.32 Å². The monoisotopic (exact) mass is 306 g/mol. The molecule has 0 saturated heterocycles. The minimum atomic E-state index is -0.201. The molecule has 0 atom stereocenters. The number of rotatable bonds is 3. The smallest absolute Gasteiger partial charge is 0.321 e. The number of ether oxygens (including phenoxy) is 1. The number of nitrogens with two attached hydrogens (primary N) is 1. The lowest BCUT2D eigenvalue weighted by Crippen LogP contribution is -2.36. The van der Waals surface area contributed by atoms with Crippen molar-refractivity contribution in [3.8, 4) is 5.75 Å². The van der Waals surface area contributed by atoms with Crippen molar-refractivity contribution in [1.29, 1.82) is 0 Å². The van der Waals surface area contributed by atoms with Crippen LogP contribution in [0.2, 0.25) is 0 Å². The number of nitrogens with one attached hydrogen (secondary N) is 2. The Hall–Kier alpha value is -2.02. The van der Waals surface area contributed by atoms with E-state index in [0.717, 1.165) is 17.5 Å². The number of hydrogen-bond donors (Lipinski definition) is 3. The number of thiazole rings is 1. The van der Waals surface area contributed by atoms with Gasteiger partial charge in [0.25, 0.3) is 0 Å². The number of urea groups is 1. The van der Waals surface area contributed by atoms with Gasteiger partial charge in [0, 0.05) is 17.8 Å². The molecule has 3 rings (SSSR count). The third kappa shape index (κ3) is 3.02. The standard InChI is InChI=1S/C14H18N4O2S/c1-20-10-6-8(15)7-11-12(10)17-14(21-11)18-13(19)16-9-4-2-3-5-9/h6-7,9H,2-5,15H2,1H3,(H2,16,17,18,19). The number of hydrogen-bond acceptors (Lipinski definition) is 5. The number of benzene rings is 1. The summed E-state index contributed by atoms with van der Waals surface area (Å²) < 4.78 is 6.16. The van der Waals surface area contributed by atoms with E-state index < -0.39 is 0 Å². The Morgan fingerprint density at radius 3 is 2.90 bits per heavy atom. The van der Waals surface area contributed by atoms with E-state index >= 15 is 0 Å². The van der Waals surface area contributed by atoms with Gasteiger partial charge in [-0.25, -0.2) is 9.78 Å². The average Bonchev–Trinajstić information content (AvgIpc) is 3.06. The molecule has 1 saturated carbocycles. The molecule has 7 heteroatoms. The molecular weight excluding hydrogens is 288 g/mol. The fourth-order valence-corrected chi connectivity index (χ4v) is 3.54. The molecule has 0 spiro atoms. The highest BCUT2D eigenvalue weighted by molar-refractivity contribution is 7.22. The predicted octanol–water partition coefficient (Wildman–Crippen LogP) is 2.95. The lowest BCUT2D eigenvalue weighted by Gasteiger charge is -2.11. The topological polar surface area (TPSA) is 89.3 Å². The third-order valence-electron chi connectivity index (χ3n) is 3.61. The van der Waals surface area contributed by atoms with E-state index in [9.17, 15) is 4.79 Å². The van der Waals surface area contributed by atoms with Gasteiger partial charge in [0.05, 0.1) is 11.8 Å². The largest absolute Gasteiger partial charge is 0.494 e. The summed E-state index contributed by atoms with van der Waals surface area (Å²) in [7, 11) is 1.58. The fraction of sp³-hybridized carbons (Fsp3) is 0.429. The van der Waals surface area contributed by atoms with E-state index in [1.165, 1.54) is 24.2 Å². The molecule has 1 heterocycles. The van der Waals surface area contributed by atoms with E-state index in [2.05, 4.69) is 15.6 Å². The lowest BCUT2D eigenvalue weighted by molar-refractivity contribution is 0.248. The lowest BCUT2D eigenvalue weighted by atomic mass is 10.3. The Balaban J connectivity index is 1.76. The van der Waals surface area contributed by atoms with Crippen LogP contribution in [0.25, 0.3) is 10.2 Å². The molecule has 2 amide bonds. The highest BCUT2D eigenvalue weighted by atomic mass is 32.1. The van der Waals surface area contributed by atoms with Crippen molar-refractivity contribution in [1.82, 2.24) is 10.3 Å². The van der Waals surface area contributed by atoms with Crippen molar-refractivity contribution in [2.45, 2.75) is 31.7 Å². The molecule has 0 bridgehead atoms. The number of aromatic nitrogens is 1. The summed E-state index contributed by atoms with van der Waals surface area (Å²) in [6.45, 7) is 0. The van der Waals surface area contributed by atoms with Gasteiger partial charge in [-0.05, 0) is 18.9 Å². The van der Waals surface area contributed by atoms with Crippen LogP contribution in [0.1, 0.15) is 25.7 Å². The summed E-state index contributed by atoms with van der Waals surface area (Å²) in [5.41, 5.74) is 7.15. The average molecular weight is 306 g/mol. The normalized spacial score (nSPS) is 15.3. The van der Waals surface area contributed by atoms with Crippen LogP contribution in [0.3, 0.4) is 0 Å². The molecular formula is C14H18N4O2S. The Labute approximate surface area is 126 Å². The molecule has 6 nitrogen and oxygen atoms in total. The van der Waals surface area contributed by atoms with Gasteiger partial charge in [0.15, 0.2) is 5.13 Å². The van der Waals surface area contributed by atoms with E-state index in [4.69, 9.17) is 10.5 Å². The fourth-order valence-electron chi connectivity index (χ4n) is 2.62. The molecule has 1 aromatic carbocycles. The summed E-state index contributed by atoms with van der Waals surface area (Å²) >= 11 is 1.38. The molecule has 112 valence electrons. The molecule has 4 N–H and O–H groups in total. The van der Waals surface area contributed by atoms with Crippen LogP contribution in [-0.2, 0) is 0 Å². The minimum absolute atomic E-state index is 0.201. The second-order valence-corrected chi connectivity index (χ2v) is 6.20. The van der Waals surface area contributed by atoms with Gasteiger partial charge < -0.3 is 15.8 Å². The number of anilines is 2. The zero-order valence-electron chi connectivity index (χ0n) is 11.8. The third-order valence-corrected chi connectivity index (χ3v) is 4.53. The molecule has 0 unspecified atom stereocenters. The molecule has 2 aromatic rings. The molecule has 1 aromatic heterocycles. The van der Waals surface area contributed by atoms with Gasteiger partial charge >= 0.3 is 6.03 Å². The van der Waals surface area contributed by atoms with Crippen LogP contribution in [0.15, 0.2) is 12.1 Å². The van der Waals surface area contributed by atoms with Crippen LogP contribution in [0.5, 0.6) is 5.75 Å². The van der Waals surface area contributed by atoms with Gasteiger partial charge in [-0.1, -0.05) is 24.2 Å². The molecule has 1 fully saturated rings. The number of carbonyl (C=O) groups is 1. The Kier molecular flexibility index (Phi) is 3.83. The molecule has 0 radical (unpaired) electrons. The Bertz CT molecular complexity index is 664. The van der Waals surface area contributed by atoms with Crippen molar-refractivity contribution in [3.63, 3.8) is 0 Å². The number of amides is 2. The summed E-state index contributed by atoms with van der Waals surface area (Å²) in [4.78, 5) is 16.4. The van der Waals surface area contributed by atoms with Crippen LogP contribution in [0, 0.1) is 0 Å². The van der Waals surface area contributed by atoms with Crippen LogP contribution >= 0.6 is 11.3 Å². The Morgan fingerprint density at radius 2 is 2.19 bits per heavy atom. The van der Waals surface area contributed by atoms with E-state index in [1.807, 2.05) is 6.07 Å². The SMILES string of the molecule is COc1cc(N)cc2sc(NC(=O)NC3CCCC3)nc12. The maximum Gasteiger partial charge on any atom is 0.321 e. The first-order valence-corrected chi connectivity index (χ1v) is 7.79. The first kappa shape index (κ1) is 13.9. The number of fused-ring (bicyclic) bond motifs is 1. The predicted molar refractivity (Wildman–Crippen MR) is 85.0 cm³/mol. The van der Waals surface area contributed by atoms with Crippen molar-refractivity contribution in [3.05, 3.63) is 12.1 Å². The van der Waals surface area contributed by atoms with E-state index in [1.54, 1.807) is 13.2 Å². The van der Waals surface area contributed by atoms with Crippen molar-refractivity contribution in [2.75, 3.05) is 18.2 Å². The second kappa shape index (κ2) is 5.77. The number of nitrogens with zero attached hydrogens (tertiary/aromatic N) is 1. The number of nitrogen functional groups attached to an aromatic ring is 1. The van der Waals surface area contributed by atoms with Crippen LogP contribution in [-0.4, -0.2) is 24.2 Å². The minimum Gasteiger partial charge on any atom is -0.494 e. The van der Waals surface area contributed by atoms with Gasteiger partial charge in [-0.2, -0.15) is 0 Å². The van der Waals surface area contributed by atoms with Crippen LogP contribution in [0.4, 0.5) is 15.6 Å². The van der Waals surface area contributed by atoms with Crippen molar-refractivity contribution < 1.29 is 9.53 Å². The highest BCUT2D eigenvalue weighted by Gasteiger charge is 2.18. The molecule has 0 aliphatic heterocycles. The highest BCUT2D eigenvalue weighted by Crippen LogP contribution is 2.34. The first-order chi connectivity index (χ1) is 10.2. The summed E-state index contributed by atoms with van der Waals surface area (Å²) in [6.07, 6.45) is 4.47. The summed E-state index contributed by atoms with van der Waals surface area (Å²) in [5.74, 6) is 0.616. The van der Waals surface area contributed by atoms with E-state index in [-0.39, 0.29) is 12.1 Å². The summed E-state index contributed by atoms with van der Waals surface area (Å²) in [5, 5.41) is 6.31.